The van der Waals surface area contributed by atoms with E-state index in [0.717, 1.165) is 37.1 Å². The molecule has 2 heterocycles. The molecular weight excluding hydrogens is 385 g/mol. The Hall–Kier alpha value is -2.74. The Morgan fingerprint density at radius 2 is 1.80 bits per heavy atom. The lowest BCUT2D eigenvalue weighted by Gasteiger charge is -2.44. The van der Waals surface area contributed by atoms with Crippen molar-refractivity contribution >= 4 is 16.9 Å². The molecular formula is C23H26FN3O3. The number of piperazine rings is 1. The van der Waals surface area contributed by atoms with E-state index in [9.17, 15) is 9.32 Å². The monoisotopic (exact) mass is 411 g/mol. The third-order valence-corrected chi connectivity index (χ3v) is 5.73. The molecule has 1 N–H and O–H groups in total. The van der Waals surface area contributed by atoms with Crippen LogP contribution < -0.4 is 5.48 Å². The normalized spacial score (nSPS) is 20.5. The van der Waals surface area contributed by atoms with Crippen LogP contribution in [0.4, 0.5) is 4.53 Å². The second-order valence-corrected chi connectivity index (χ2v) is 8.04. The van der Waals surface area contributed by atoms with Crippen LogP contribution in [-0.2, 0) is 18.1 Å². The molecule has 2 aromatic carbocycles. The lowest BCUT2D eigenvalue weighted by atomic mass is 10.0. The molecule has 1 aliphatic heterocycles. The van der Waals surface area contributed by atoms with Crippen molar-refractivity contribution < 1.29 is 18.8 Å². The molecule has 0 bridgehead atoms. The molecule has 2 atom stereocenters. The highest BCUT2D eigenvalue weighted by atomic mass is 19.3. The predicted octanol–water partition coefficient (Wildman–Crippen LogP) is 4.07. The van der Waals surface area contributed by atoms with Gasteiger partial charge in [-0.1, -0.05) is 41.4 Å². The Balaban J connectivity index is 1.42. The highest BCUT2D eigenvalue weighted by Gasteiger charge is 2.29. The van der Waals surface area contributed by atoms with Crippen LogP contribution in [0, 0.1) is 0 Å². The van der Waals surface area contributed by atoms with Crippen molar-refractivity contribution in [2.24, 2.45) is 0 Å². The molecule has 0 radical (unpaired) electrons. The second kappa shape index (κ2) is 8.95. The average molecular weight is 411 g/mol. The van der Waals surface area contributed by atoms with Gasteiger partial charge in [0.05, 0.1) is 0 Å². The van der Waals surface area contributed by atoms with Crippen LogP contribution in [-0.4, -0.2) is 40.9 Å². The van der Waals surface area contributed by atoms with Crippen LogP contribution >= 0.6 is 0 Å². The van der Waals surface area contributed by atoms with Crippen LogP contribution in [0.2, 0.25) is 0 Å². The van der Waals surface area contributed by atoms with Crippen molar-refractivity contribution in [2.75, 3.05) is 13.1 Å². The van der Waals surface area contributed by atoms with E-state index in [0.29, 0.717) is 17.7 Å². The number of fused-ring (bicyclic) bond motifs is 1. The van der Waals surface area contributed by atoms with Crippen molar-refractivity contribution in [3.8, 4) is 0 Å². The number of furan rings is 1. The van der Waals surface area contributed by atoms with E-state index in [-0.39, 0.29) is 5.76 Å². The first-order valence-corrected chi connectivity index (χ1v) is 10.2. The highest BCUT2D eigenvalue weighted by Crippen LogP contribution is 2.24. The van der Waals surface area contributed by atoms with E-state index in [2.05, 4.69) is 59.0 Å². The van der Waals surface area contributed by atoms with Crippen LogP contribution in [0.1, 0.15) is 35.5 Å². The first kappa shape index (κ1) is 20.5. The van der Waals surface area contributed by atoms with Crippen LogP contribution in [0.5, 0.6) is 0 Å². The molecule has 1 amide bonds. The van der Waals surface area contributed by atoms with E-state index < -0.39 is 5.91 Å². The van der Waals surface area contributed by atoms with Crippen molar-refractivity contribution in [1.29, 1.82) is 0 Å². The van der Waals surface area contributed by atoms with E-state index >= 15 is 0 Å². The average Bonchev–Trinajstić information content (AvgIpc) is 3.15. The molecule has 1 aliphatic rings. The van der Waals surface area contributed by atoms with E-state index in [1.807, 2.05) is 18.2 Å². The Bertz CT molecular complexity index is 995. The molecule has 3 aromatic rings. The van der Waals surface area contributed by atoms with Crippen molar-refractivity contribution in [1.82, 2.24) is 15.3 Å². The van der Waals surface area contributed by atoms with Crippen molar-refractivity contribution in [3.63, 3.8) is 0 Å². The van der Waals surface area contributed by atoms with Gasteiger partial charge in [0, 0.05) is 43.6 Å². The van der Waals surface area contributed by atoms with Gasteiger partial charge in [-0.3, -0.25) is 14.6 Å². The number of nitrogens with zero attached hydrogens (tertiary/aromatic N) is 2. The molecule has 0 spiro atoms. The molecule has 2 unspecified atom stereocenters. The minimum absolute atomic E-state index is 0.0107. The summed E-state index contributed by atoms with van der Waals surface area (Å²) >= 11 is 0. The fraction of sp³-hybridized carbons (Fsp3) is 0.348. The third kappa shape index (κ3) is 4.53. The van der Waals surface area contributed by atoms with Gasteiger partial charge in [0.1, 0.15) is 5.58 Å². The standard InChI is InChI=1S/C23H26FN3O3/c1-16-12-26(13-17(2)27(16)15-18-6-4-3-5-7-18)14-19-8-9-21-20(10-19)11-22(29-21)23(28)25-30-24/h3-11,16-17H,12-15H2,1-2H3,(H,25,28). The molecule has 1 aromatic heterocycles. The number of nitrogens with one attached hydrogen (secondary N) is 1. The Kier molecular flexibility index (Phi) is 6.13. The number of carbonyl (C=O) groups is 1. The zero-order chi connectivity index (χ0) is 21.1. The summed E-state index contributed by atoms with van der Waals surface area (Å²) in [6.07, 6.45) is 0. The maximum absolute atomic E-state index is 11.8. The molecule has 30 heavy (non-hydrogen) atoms. The van der Waals surface area contributed by atoms with Gasteiger partial charge in [-0.15, -0.1) is 0 Å². The van der Waals surface area contributed by atoms with Crippen LogP contribution in [0.15, 0.2) is 59.0 Å². The maximum atomic E-state index is 11.8. The number of halogens is 1. The molecule has 1 fully saturated rings. The number of rotatable bonds is 6. The third-order valence-electron chi connectivity index (χ3n) is 5.73. The summed E-state index contributed by atoms with van der Waals surface area (Å²) < 4.78 is 17.3. The van der Waals surface area contributed by atoms with Gasteiger partial charge >= 0.3 is 5.91 Å². The molecule has 4 rings (SSSR count). The number of benzene rings is 2. The van der Waals surface area contributed by atoms with Gasteiger partial charge in [-0.2, -0.15) is 5.48 Å². The zero-order valence-corrected chi connectivity index (χ0v) is 17.2. The quantitative estimate of drug-likeness (QED) is 0.620. The SMILES string of the molecule is CC1CN(Cc2ccc3oc(C(=O)NOF)cc3c2)CC(C)N1Cc1ccccc1. The first-order valence-electron chi connectivity index (χ1n) is 10.2. The highest BCUT2D eigenvalue weighted by molar-refractivity contribution is 5.95. The maximum Gasteiger partial charge on any atom is 0.313 e. The molecule has 6 nitrogen and oxygen atoms in total. The summed E-state index contributed by atoms with van der Waals surface area (Å²) in [6, 6.07) is 18.9. The van der Waals surface area contributed by atoms with Gasteiger partial charge in [0.2, 0.25) is 0 Å². The molecule has 7 heteroatoms. The van der Waals surface area contributed by atoms with E-state index in [1.54, 1.807) is 11.5 Å². The summed E-state index contributed by atoms with van der Waals surface area (Å²) in [6.45, 7) is 8.32. The minimum atomic E-state index is -0.757. The number of carbonyl (C=O) groups excluding carboxylic acids is 1. The summed E-state index contributed by atoms with van der Waals surface area (Å²) in [5.74, 6) is -0.746. The fourth-order valence-corrected chi connectivity index (χ4v) is 4.35. The number of amides is 1. The van der Waals surface area contributed by atoms with Gasteiger partial charge < -0.3 is 4.42 Å². The van der Waals surface area contributed by atoms with Crippen molar-refractivity contribution in [2.45, 2.75) is 39.0 Å². The molecule has 0 aliphatic carbocycles. The van der Waals surface area contributed by atoms with Gasteiger partial charge in [-0.25, -0.2) is 0 Å². The second-order valence-electron chi connectivity index (χ2n) is 8.04. The number of hydrogen-bond donors (Lipinski definition) is 1. The number of hydrogen-bond acceptors (Lipinski definition) is 5. The predicted molar refractivity (Wildman–Crippen MR) is 112 cm³/mol. The Morgan fingerprint density at radius 3 is 2.50 bits per heavy atom. The number of hydroxylamine groups is 1. The van der Waals surface area contributed by atoms with Crippen molar-refractivity contribution in [3.05, 3.63) is 71.5 Å². The van der Waals surface area contributed by atoms with E-state index in [4.69, 9.17) is 4.42 Å². The minimum Gasteiger partial charge on any atom is -0.451 e. The van der Waals surface area contributed by atoms with Gasteiger partial charge in [-0.05, 0) is 47.7 Å². The lowest BCUT2D eigenvalue weighted by Crippen LogP contribution is -2.55. The first-order chi connectivity index (χ1) is 14.5. The van der Waals surface area contributed by atoms with Gasteiger partial charge in [0.25, 0.3) is 0 Å². The Morgan fingerprint density at radius 1 is 1.07 bits per heavy atom. The summed E-state index contributed by atoms with van der Waals surface area (Å²) in [5.41, 5.74) is 4.69. The molecule has 0 saturated carbocycles. The van der Waals surface area contributed by atoms with Crippen LogP contribution in [0.25, 0.3) is 11.0 Å². The van der Waals surface area contributed by atoms with Crippen LogP contribution in [0.3, 0.4) is 0 Å². The largest absolute Gasteiger partial charge is 0.451 e. The molecule has 1 saturated heterocycles. The summed E-state index contributed by atoms with van der Waals surface area (Å²) in [7, 11) is 0. The van der Waals surface area contributed by atoms with E-state index in [1.165, 1.54) is 5.56 Å². The molecule has 158 valence electrons. The topological polar surface area (TPSA) is 58.0 Å². The lowest BCUT2D eigenvalue weighted by molar-refractivity contribution is -0.176. The Labute approximate surface area is 175 Å². The fourth-order valence-electron chi connectivity index (χ4n) is 4.35. The summed E-state index contributed by atoms with van der Waals surface area (Å²) in [4.78, 5) is 16.7. The summed E-state index contributed by atoms with van der Waals surface area (Å²) in [5, 5.41) is 3.98. The zero-order valence-electron chi connectivity index (χ0n) is 17.2. The van der Waals surface area contributed by atoms with Gasteiger partial charge in [0.15, 0.2) is 5.76 Å². The smallest absolute Gasteiger partial charge is 0.313 e.